The normalized spacial score (nSPS) is 10.6. The fourth-order valence-corrected chi connectivity index (χ4v) is 1.16. The molecule has 2 N–H and O–H groups in total. The molecule has 1 heterocycles. The van der Waals surface area contributed by atoms with E-state index in [4.69, 9.17) is 5.11 Å². The Morgan fingerprint density at radius 2 is 2.14 bits per heavy atom. The monoisotopic (exact) mass is 203 g/mol. The van der Waals surface area contributed by atoms with Crippen LogP contribution in [0.15, 0.2) is 10.9 Å². The molecule has 0 saturated heterocycles. The molecule has 1 aromatic heterocycles. The zero-order valence-corrected chi connectivity index (χ0v) is 7.17. The van der Waals surface area contributed by atoms with Crippen LogP contribution < -0.4 is 5.56 Å². The van der Waals surface area contributed by atoms with Crippen LogP contribution in [0.3, 0.4) is 0 Å². The number of hydrogen-bond donors (Lipinski definition) is 2. The van der Waals surface area contributed by atoms with Gasteiger partial charge in [-0.25, -0.2) is 13.6 Å². The molecule has 0 radical (unpaired) electrons. The summed E-state index contributed by atoms with van der Waals surface area (Å²) in [6, 6.07) is 0.968. The van der Waals surface area contributed by atoms with Crippen LogP contribution in [0.2, 0.25) is 0 Å². The Kier molecular flexibility index (Phi) is 2.64. The molecule has 6 heteroatoms. The van der Waals surface area contributed by atoms with Crippen molar-refractivity contribution in [3.8, 4) is 0 Å². The quantitative estimate of drug-likeness (QED) is 0.761. The van der Waals surface area contributed by atoms with Crippen molar-refractivity contribution < 1.29 is 18.7 Å². The number of carboxylic acids is 1. The summed E-state index contributed by atoms with van der Waals surface area (Å²) in [6.07, 6.45) is -3.01. The summed E-state index contributed by atoms with van der Waals surface area (Å²) in [5, 5.41) is 8.63. The molecule has 0 aliphatic rings. The first-order chi connectivity index (χ1) is 6.43. The van der Waals surface area contributed by atoms with Gasteiger partial charge < -0.3 is 10.1 Å². The molecule has 0 aromatic carbocycles. The molecule has 1 aromatic rings. The third kappa shape index (κ3) is 1.78. The lowest BCUT2D eigenvalue weighted by molar-refractivity contribution is 0.0681. The van der Waals surface area contributed by atoms with E-state index in [1.165, 1.54) is 6.92 Å². The number of alkyl halides is 2. The second kappa shape index (κ2) is 3.57. The van der Waals surface area contributed by atoms with Gasteiger partial charge in [-0.15, -0.1) is 0 Å². The lowest BCUT2D eigenvalue weighted by atomic mass is 10.1. The highest BCUT2D eigenvalue weighted by atomic mass is 19.3. The van der Waals surface area contributed by atoms with Crippen LogP contribution in [0.5, 0.6) is 0 Å². The molecule has 1 rings (SSSR count). The van der Waals surface area contributed by atoms with Gasteiger partial charge in [-0.2, -0.15) is 0 Å². The molecule has 0 bridgehead atoms. The second-order valence-electron chi connectivity index (χ2n) is 2.71. The minimum Gasteiger partial charge on any atom is -0.478 e. The zero-order chi connectivity index (χ0) is 10.9. The van der Waals surface area contributed by atoms with E-state index >= 15 is 0 Å². The van der Waals surface area contributed by atoms with Gasteiger partial charge in [0.2, 0.25) is 5.56 Å². The summed E-state index contributed by atoms with van der Waals surface area (Å²) in [4.78, 5) is 23.2. The van der Waals surface area contributed by atoms with E-state index in [0.717, 1.165) is 6.07 Å². The van der Waals surface area contributed by atoms with Crippen molar-refractivity contribution in [2.45, 2.75) is 13.3 Å². The van der Waals surface area contributed by atoms with E-state index < -0.39 is 29.2 Å². The van der Waals surface area contributed by atoms with Crippen LogP contribution in [0.4, 0.5) is 8.78 Å². The number of pyridine rings is 1. The molecular formula is C8H7F2NO3. The fraction of sp³-hybridized carbons (Fsp3) is 0.250. The van der Waals surface area contributed by atoms with Crippen LogP contribution in [-0.4, -0.2) is 16.1 Å². The van der Waals surface area contributed by atoms with Gasteiger partial charge in [0.05, 0.1) is 11.3 Å². The predicted molar refractivity (Wildman–Crippen MR) is 43.7 cm³/mol. The van der Waals surface area contributed by atoms with Crippen molar-refractivity contribution >= 4 is 5.97 Å². The maximum absolute atomic E-state index is 12.3. The molecule has 0 unspecified atom stereocenters. The summed E-state index contributed by atoms with van der Waals surface area (Å²) in [7, 11) is 0. The first-order valence-corrected chi connectivity index (χ1v) is 3.68. The number of carboxylic acid groups (broad SMARTS) is 1. The van der Waals surface area contributed by atoms with Crippen molar-refractivity contribution in [1.82, 2.24) is 4.98 Å². The Balaban J connectivity index is 3.52. The van der Waals surface area contributed by atoms with Gasteiger partial charge in [-0.05, 0) is 12.5 Å². The summed E-state index contributed by atoms with van der Waals surface area (Å²) in [5.41, 5.74) is -2.10. The number of aryl methyl sites for hydroxylation is 1. The predicted octanol–water partition coefficient (Wildman–Crippen LogP) is 1.32. The van der Waals surface area contributed by atoms with Crippen LogP contribution in [0.25, 0.3) is 0 Å². The molecule has 0 fully saturated rings. The Hall–Kier alpha value is -1.72. The molecule has 0 spiro atoms. The number of hydrogen-bond acceptors (Lipinski definition) is 2. The molecule has 0 atom stereocenters. The van der Waals surface area contributed by atoms with Crippen molar-refractivity contribution in [2.75, 3.05) is 0 Å². The molecule has 0 saturated carbocycles. The van der Waals surface area contributed by atoms with Gasteiger partial charge in [0.25, 0.3) is 6.43 Å². The standard InChI is InChI=1S/C8H7F2NO3/c1-3-2-4(12)11-6(7(9)10)5(3)8(13)14/h2,7H,1H3,(H,11,12)(H,13,14). The van der Waals surface area contributed by atoms with Gasteiger partial charge in [-0.3, -0.25) is 4.79 Å². The minimum atomic E-state index is -3.01. The first kappa shape index (κ1) is 10.4. The number of rotatable bonds is 2. The number of aromatic carboxylic acids is 1. The van der Waals surface area contributed by atoms with E-state index in [0.29, 0.717) is 0 Å². The van der Waals surface area contributed by atoms with Crippen molar-refractivity contribution in [3.05, 3.63) is 33.2 Å². The van der Waals surface area contributed by atoms with Gasteiger partial charge in [0, 0.05) is 6.07 Å². The van der Waals surface area contributed by atoms with E-state index in [-0.39, 0.29) is 5.56 Å². The zero-order valence-electron chi connectivity index (χ0n) is 7.17. The SMILES string of the molecule is Cc1cc(=O)[nH]c(C(F)F)c1C(=O)O. The molecule has 0 aliphatic heterocycles. The molecule has 76 valence electrons. The van der Waals surface area contributed by atoms with Crippen molar-refractivity contribution in [1.29, 1.82) is 0 Å². The Morgan fingerprint density at radius 1 is 1.57 bits per heavy atom. The highest BCUT2D eigenvalue weighted by molar-refractivity contribution is 5.90. The van der Waals surface area contributed by atoms with Crippen LogP contribution in [0.1, 0.15) is 28.0 Å². The Morgan fingerprint density at radius 3 is 2.57 bits per heavy atom. The maximum atomic E-state index is 12.3. The highest BCUT2D eigenvalue weighted by Crippen LogP contribution is 2.21. The second-order valence-corrected chi connectivity index (χ2v) is 2.71. The van der Waals surface area contributed by atoms with E-state index in [1.807, 2.05) is 4.98 Å². The average Bonchev–Trinajstić information content (AvgIpc) is 2.01. The fourth-order valence-electron chi connectivity index (χ4n) is 1.16. The lowest BCUT2D eigenvalue weighted by Crippen LogP contribution is -2.16. The summed E-state index contributed by atoms with van der Waals surface area (Å²) < 4.78 is 24.6. The summed E-state index contributed by atoms with van der Waals surface area (Å²) >= 11 is 0. The maximum Gasteiger partial charge on any atom is 0.337 e. The topological polar surface area (TPSA) is 70.2 Å². The Labute approximate surface area is 77.2 Å². The van der Waals surface area contributed by atoms with Crippen LogP contribution in [0, 0.1) is 6.92 Å². The van der Waals surface area contributed by atoms with Crippen molar-refractivity contribution in [2.24, 2.45) is 0 Å². The molecule has 0 aliphatic carbocycles. The van der Waals surface area contributed by atoms with Crippen molar-refractivity contribution in [3.63, 3.8) is 0 Å². The summed E-state index contributed by atoms with van der Waals surface area (Å²) in [6.45, 7) is 1.30. The van der Waals surface area contributed by atoms with Gasteiger partial charge in [0.15, 0.2) is 0 Å². The third-order valence-corrected chi connectivity index (χ3v) is 1.70. The number of carbonyl (C=O) groups is 1. The number of aromatic amines is 1. The number of aromatic nitrogens is 1. The van der Waals surface area contributed by atoms with E-state index in [9.17, 15) is 18.4 Å². The smallest absolute Gasteiger partial charge is 0.337 e. The van der Waals surface area contributed by atoms with Crippen LogP contribution in [-0.2, 0) is 0 Å². The van der Waals surface area contributed by atoms with Gasteiger partial charge in [-0.1, -0.05) is 0 Å². The number of nitrogens with one attached hydrogen (secondary N) is 1. The lowest BCUT2D eigenvalue weighted by Gasteiger charge is -2.06. The number of H-pyrrole nitrogens is 1. The van der Waals surface area contributed by atoms with Gasteiger partial charge in [0.1, 0.15) is 0 Å². The van der Waals surface area contributed by atoms with Gasteiger partial charge >= 0.3 is 5.97 Å². The first-order valence-electron chi connectivity index (χ1n) is 3.68. The largest absolute Gasteiger partial charge is 0.478 e. The van der Waals surface area contributed by atoms with E-state index in [2.05, 4.69) is 0 Å². The molecule has 0 amide bonds. The molecular weight excluding hydrogens is 196 g/mol. The average molecular weight is 203 g/mol. The summed E-state index contributed by atoms with van der Waals surface area (Å²) in [5.74, 6) is -1.48. The number of halogens is 2. The third-order valence-electron chi connectivity index (χ3n) is 1.70. The minimum absolute atomic E-state index is 0.0246. The van der Waals surface area contributed by atoms with E-state index in [1.54, 1.807) is 0 Å². The molecule has 14 heavy (non-hydrogen) atoms. The Bertz CT molecular complexity index is 425. The highest BCUT2D eigenvalue weighted by Gasteiger charge is 2.21. The van der Waals surface area contributed by atoms with Crippen LogP contribution >= 0.6 is 0 Å². The molecule has 4 nitrogen and oxygen atoms in total.